The number of anilines is 1. The molecule has 0 atom stereocenters. The van der Waals surface area contributed by atoms with Crippen molar-refractivity contribution in [2.75, 3.05) is 32.2 Å². The summed E-state index contributed by atoms with van der Waals surface area (Å²) in [5, 5.41) is 0. The Morgan fingerprint density at radius 1 is 1.50 bits per heavy atom. The highest BCUT2D eigenvalue weighted by atomic mass is 16.5. The van der Waals surface area contributed by atoms with E-state index in [0.29, 0.717) is 5.69 Å². The molecule has 0 amide bonds. The Kier molecular flexibility index (Phi) is 4.92. The predicted molar refractivity (Wildman–Crippen MR) is 64.0 cm³/mol. The van der Waals surface area contributed by atoms with Crippen molar-refractivity contribution in [3.05, 3.63) is 24.0 Å². The molecular formula is C12H18N2O2. The molecule has 1 heterocycles. The lowest BCUT2D eigenvalue weighted by Crippen LogP contribution is -2.20. The molecule has 0 spiro atoms. The third kappa shape index (κ3) is 3.62. The Hall–Kier alpha value is -1.42. The maximum Gasteiger partial charge on any atom is 0.178 e. The van der Waals surface area contributed by atoms with E-state index in [1.54, 1.807) is 19.4 Å². The fraction of sp³-hybridized carbons (Fsp3) is 0.500. The lowest BCUT2D eigenvalue weighted by molar-refractivity contribution is 0.101. The third-order valence-corrected chi connectivity index (χ3v) is 2.39. The highest BCUT2D eigenvalue weighted by Crippen LogP contribution is 2.11. The number of nitrogens with zero attached hydrogens (tertiary/aromatic N) is 2. The molecule has 16 heavy (non-hydrogen) atoms. The summed E-state index contributed by atoms with van der Waals surface area (Å²) >= 11 is 0. The van der Waals surface area contributed by atoms with Crippen LogP contribution in [0.4, 0.5) is 5.69 Å². The molecule has 0 N–H and O–H groups in total. The molecule has 1 aromatic rings. The summed E-state index contributed by atoms with van der Waals surface area (Å²) in [5.41, 5.74) is 1.52. The number of pyridine rings is 1. The molecule has 0 unspecified atom stereocenters. The summed E-state index contributed by atoms with van der Waals surface area (Å²) in [4.78, 5) is 17.2. The maximum atomic E-state index is 11.0. The number of ketones is 1. The summed E-state index contributed by atoms with van der Waals surface area (Å²) in [6, 6.07) is 3.67. The van der Waals surface area contributed by atoms with E-state index < -0.39 is 0 Å². The second-order valence-corrected chi connectivity index (χ2v) is 3.73. The van der Waals surface area contributed by atoms with Gasteiger partial charge < -0.3 is 9.64 Å². The highest BCUT2D eigenvalue weighted by molar-refractivity contribution is 5.92. The van der Waals surface area contributed by atoms with Gasteiger partial charge in [0.15, 0.2) is 5.78 Å². The second-order valence-electron chi connectivity index (χ2n) is 3.73. The van der Waals surface area contributed by atoms with Gasteiger partial charge in [-0.15, -0.1) is 0 Å². The van der Waals surface area contributed by atoms with Crippen molar-refractivity contribution < 1.29 is 9.53 Å². The van der Waals surface area contributed by atoms with Crippen molar-refractivity contribution in [3.63, 3.8) is 0 Å². The quantitative estimate of drug-likeness (QED) is 0.543. The van der Waals surface area contributed by atoms with Gasteiger partial charge in [-0.2, -0.15) is 0 Å². The van der Waals surface area contributed by atoms with Crippen LogP contribution in [0.1, 0.15) is 23.8 Å². The predicted octanol–water partition coefficient (Wildman–Crippen LogP) is 1.76. The van der Waals surface area contributed by atoms with Gasteiger partial charge in [-0.05, 0) is 18.6 Å². The van der Waals surface area contributed by atoms with Crippen LogP contribution in [0, 0.1) is 0 Å². The summed E-state index contributed by atoms with van der Waals surface area (Å²) in [5.74, 6) is -0.00594. The largest absolute Gasteiger partial charge is 0.385 e. The van der Waals surface area contributed by atoms with Crippen molar-refractivity contribution in [3.8, 4) is 0 Å². The van der Waals surface area contributed by atoms with Gasteiger partial charge in [0.1, 0.15) is 5.69 Å². The molecule has 0 fully saturated rings. The van der Waals surface area contributed by atoms with Crippen LogP contribution < -0.4 is 4.90 Å². The summed E-state index contributed by atoms with van der Waals surface area (Å²) in [6.45, 7) is 3.18. The van der Waals surface area contributed by atoms with E-state index >= 15 is 0 Å². The number of aromatic nitrogens is 1. The molecular weight excluding hydrogens is 204 g/mol. The van der Waals surface area contributed by atoms with Crippen LogP contribution in [0.2, 0.25) is 0 Å². The number of methoxy groups -OCH3 is 1. The maximum absolute atomic E-state index is 11.0. The van der Waals surface area contributed by atoms with E-state index in [1.165, 1.54) is 6.92 Å². The average molecular weight is 222 g/mol. The fourth-order valence-corrected chi connectivity index (χ4v) is 1.40. The van der Waals surface area contributed by atoms with Crippen molar-refractivity contribution in [1.29, 1.82) is 0 Å². The Labute approximate surface area is 96.2 Å². The van der Waals surface area contributed by atoms with Gasteiger partial charge in [0, 0.05) is 34.2 Å². The number of rotatable bonds is 6. The number of hydrogen-bond acceptors (Lipinski definition) is 4. The zero-order valence-corrected chi connectivity index (χ0v) is 10.1. The van der Waals surface area contributed by atoms with Crippen LogP contribution in [0.15, 0.2) is 18.3 Å². The monoisotopic (exact) mass is 222 g/mol. The molecule has 0 aliphatic heterocycles. The summed E-state index contributed by atoms with van der Waals surface area (Å²) in [7, 11) is 3.70. The van der Waals surface area contributed by atoms with Gasteiger partial charge in [-0.1, -0.05) is 0 Å². The van der Waals surface area contributed by atoms with Gasteiger partial charge in [0.25, 0.3) is 0 Å². The van der Waals surface area contributed by atoms with Crippen molar-refractivity contribution in [2.45, 2.75) is 13.3 Å². The molecule has 0 bridgehead atoms. The Balaban J connectivity index is 2.56. The number of Topliss-reactive ketones (excluding diaryl/α,β-unsaturated/α-hetero) is 1. The van der Waals surface area contributed by atoms with Crippen LogP contribution >= 0.6 is 0 Å². The van der Waals surface area contributed by atoms with Crippen LogP contribution in [0.5, 0.6) is 0 Å². The van der Waals surface area contributed by atoms with Crippen molar-refractivity contribution in [2.24, 2.45) is 0 Å². The van der Waals surface area contributed by atoms with Gasteiger partial charge in [-0.25, -0.2) is 0 Å². The SMILES string of the molecule is COCCCN(C)c1ccc(C(C)=O)nc1. The minimum atomic E-state index is -0.00594. The van der Waals surface area contributed by atoms with E-state index in [-0.39, 0.29) is 5.78 Å². The molecule has 1 rings (SSSR count). The molecule has 0 saturated carbocycles. The molecule has 4 nitrogen and oxygen atoms in total. The summed E-state index contributed by atoms with van der Waals surface area (Å²) < 4.78 is 4.99. The van der Waals surface area contributed by atoms with E-state index in [2.05, 4.69) is 9.88 Å². The first-order valence-corrected chi connectivity index (χ1v) is 5.32. The van der Waals surface area contributed by atoms with Crippen LogP contribution in [0.3, 0.4) is 0 Å². The van der Waals surface area contributed by atoms with Gasteiger partial charge >= 0.3 is 0 Å². The van der Waals surface area contributed by atoms with E-state index in [4.69, 9.17) is 4.74 Å². The van der Waals surface area contributed by atoms with E-state index in [1.807, 2.05) is 13.1 Å². The average Bonchev–Trinajstić information content (AvgIpc) is 2.29. The normalized spacial score (nSPS) is 10.2. The Morgan fingerprint density at radius 2 is 2.25 bits per heavy atom. The number of carbonyl (C=O) groups is 1. The van der Waals surface area contributed by atoms with Crippen molar-refractivity contribution >= 4 is 11.5 Å². The van der Waals surface area contributed by atoms with Gasteiger partial charge in [-0.3, -0.25) is 9.78 Å². The number of hydrogen-bond donors (Lipinski definition) is 0. The van der Waals surface area contributed by atoms with Crippen LogP contribution in [-0.4, -0.2) is 38.1 Å². The first-order valence-electron chi connectivity index (χ1n) is 5.32. The van der Waals surface area contributed by atoms with Crippen molar-refractivity contribution in [1.82, 2.24) is 4.98 Å². The molecule has 4 heteroatoms. The third-order valence-electron chi connectivity index (χ3n) is 2.39. The number of ether oxygens (including phenoxy) is 1. The second kappa shape index (κ2) is 6.23. The van der Waals surface area contributed by atoms with Gasteiger partial charge in [0.05, 0.1) is 11.9 Å². The molecule has 0 saturated heterocycles. The molecule has 0 aliphatic rings. The Morgan fingerprint density at radius 3 is 2.75 bits per heavy atom. The van der Waals surface area contributed by atoms with Crippen LogP contribution in [-0.2, 0) is 4.74 Å². The molecule has 0 aromatic carbocycles. The standard InChI is InChI=1S/C12H18N2O2/c1-10(15)12-6-5-11(9-13-12)14(2)7-4-8-16-3/h5-6,9H,4,7-8H2,1-3H3. The minimum Gasteiger partial charge on any atom is -0.385 e. The molecule has 88 valence electrons. The number of carbonyl (C=O) groups excluding carboxylic acids is 1. The molecule has 1 aromatic heterocycles. The first-order chi connectivity index (χ1) is 7.65. The fourth-order valence-electron chi connectivity index (χ4n) is 1.40. The zero-order chi connectivity index (χ0) is 12.0. The lowest BCUT2D eigenvalue weighted by Gasteiger charge is -2.18. The Bertz CT molecular complexity index is 335. The zero-order valence-electron chi connectivity index (χ0n) is 10.1. The van der Waals surface area contributed by atoms with Gasteiger partial charge in [0.2, 0.25) is 0 Å². The van der Waals surface area contributed by atoms with Crippen LogP contribution in [0.25, 0.3) is 0 Å². The highest BCUT2D eigenvalue weighted by Gasteiger charge is 2.03. The topological polar surface area (TPSA) is 42.4 Å². The molecule has 0 aliphatic carbocycles. The lowest BCUT2D eigenvalue weighted by atomic mass is 10.2. The molecule has 0 radical (unpaired) electrons. The van der Waals surface area contributed by atoms with E-state index in [0.717, 1.165) is 25.3 Å². The minimum absolute atomic E-state index is 0.00594. The summed E-state index contributed by atoms with van der Waals surface area (Å²) in [6.07, 6.45) is 2.70. The van der Waals surface area contributed by atoms with E-state index in [9.17, 15) is 4.79 Å². The first kappa shape index (κ1) is 12.6. The smallest absolute Gasteiger partial charge is 0.178 e.